The third-order valence-corrected chi connectivity index (χ3v) is 23.1. The van der Waals surface area contributed by atoms with Crippen LogP contribution in [-0.4, -0.2) is 64.0 Å². The van der Waals surface area contributed by atoms with Crippen LogP contribution >= 0.6 is 0 Å². The molecule has 0 aliphatic rings. The van der Waals surface area contributed by atoms with Gasteiger partial charge < -0.3 is 18.3 Å². The minimum Gasteiger partial charge on any atom is -0.309 e. The van der Waals surface area contributed by atoms with Gasteiger partial charge in [-0.3, -0.25) is 9.13 Å². The first-order valence-corrected chi connectivity index (χ1v) is 38.1. The van der Waals surface area contributed by atoms with Crippen molar-refractivity contribution in [2.24, 2.45) is 0 Å². The monoisotopic (exact) mass is 1430 g/mol. The summed E-state index contributed by atoms with van der Waals surface area (Å²) in [5, 5.41) is 13.7. The molecule has 0 spiro atoms. The van der Waals surface area contributed by atoms with Gasteiger partial charge in [-0.05, 0) is 142 Å². The summed E-state index contributed by atoms with van der Waals surface area (Å²) in [4.78, 5) is 34.4. The van der Waals surface area contributed by atoms with E-state index >= 15 is 0 Å². The number of hydrogen-bond acceptors (Lipinski definition) is 6. The zero-order valence-corrected chi connectivity index (χ0v) is 61.3. The number of rotatable bonds is 11. The summed E-state index contributed by atoms with van der Waals surface area (Å²) in [6.07, 6.45) is 0. The molecule has 0 saturated carbocycles. The molecule has 0 aliphatic heterocycles. The fourth-order valence-corrected chi connectivity index (χ4v) is 18.6. The molecule has 0 unspecified atom stereocenters. The minimum absolute atomic E-state index is 0.466. The van der Waals surface area contributed by atoms with Crippen LogP contribution in [-0.2, 0) is 0 Å². The lowest BCUT2D eigenvalue weighted by atomic mass is 9.41. The van der Waals surface area contributed by atoms with Gasteiger partial charge in [-0.1, -0.05) is 241 Å². The van der Waals surface area contributed by atoms with Crippen LogP contribution < -0.4 is 16.9 Å². The Labute approximate surface area is 642 Å². The molecule has 0 fully saturated rings. The lowest BCUT2D eigenvalue weighted by molar-refractivity contribution is 0.959. The molecular formula is C99H65BN12. The maximum absolute atomic E-state index is 5.89. The third-order valence-electron chi connectivity index (χ3n) is 23.1. The van der Waals surface area contributed by atoms with Gasteiger partial charge in [0.1, 0.15) is 11.4 Å². The van der Waals surface area contributed by atoms with Crippen molar-refractivity contribution in [3.8, 4) is 57.4 Å². The molecule has 8 heterocycles. The van der Waals surface area contributed by atoms with Gasteiger partial charge in [-0.2, -0.15) is 9.97 Å². The van der Waals surface area contributed by atoms with Crippen LogP contribution in [0.15, 0.2) is 340 Å². The van der Waals surface area contributed by atoms with E-state index in [9.17, 15) is 0 Å². The van der Waals surface area contributed by atoms with E-state index in [0.717, 1.165) is 165 Å². The molecule has 8 aromatic heterocycles. The highest BCUT2D eigenvalue weighted by molar-refractivity contribution is 6.94. The van der Waals surface area contributed by atoms with Crippen LogP contribution in [0.4, 0.5) is 0 Å². The van der Waals surface area contributed by atoms with Crippen molar-refractivity contribution in [1.29, 1.82) is 0 Å². The van der Waals surface area contributed by atoms with Crippen molar-refractivity contribution in [3.05, 3.63) is 356 Å². The summed E-state index contributed by atoms with van der Waals surface area (Å²) in [6, 6.07) is 122. The number of hydrogen-bond donors (Lipinski definition) is 0. The van der Waals surface area contributed by atoms with Crippen molar-refractivity contribution in [2.45, 2.75) is 20.8 Å². The standard InChI is InChI=1S/C99H65BN12/c1-60-56-61(2)93(62(3)57-60)100(96-101-94(63-28-8-4-9-29-63)103-98(105-96)111-81-46-26-20-40-73(81)91-87(111)54-52-85-89(91)71-38-18-24-44-79(71)109(85)67-48-50-83-75(58-67)69-36-16-22-42-77(69)107(83)65-32-12-6-13-33-65)97-102-95(64-30-10-5-11-31-64)104-99(106-97)112-82-47-27-21-41-74(82)92-88(112)55-53-86-90(92)72-39-19-25-45-80(72)110(86)68-49-51-84-76(59-68)70-37-17-23-43-78(70)108(84)66-34-14-7-15-35-66/h4-59H,1-3H3. The molecule has 12 nitrogen and oxygen atoms in total. The van der Waals surface area contributed by atoms with Gasteiger partial charge in [-0.15, -0.1) is 0 Å². The second-order valence-corrected chi connectivity index (χ2v) is 29.5. The molecule has 0 aliphatic carbocycles. The molecule has 0 radical (unpaired) electrons. The predicted octanol–water partition coefficient (Wildman–Crippen LogP) is 21.4. The van der Waals surface area contributed by atoms with Gasteiger partial charge in [0.2, 0.25) is 11.9 Å². The van der Waals surface area contributed by atoms with Crippen molar-refractivity contribution in [2.75, 3.05) is 0 Å². The van der Waals surface area contributed by atoms with E-state index < -0.39 is 6.71 Å². The van der Waals surface area contributed by atoms with E-state index in [-0.39, 0.29) is 0 Å². The van der Waals surface area contributed by atoms with E-state index in [1.807, 2.05) is 36.4 Å². The number of benzene rings is 15. The van der Waals surface area contributed by atoms with Crippen LogP contribution in [0.1, 0.15) is 16.7 Å². The fraction of sp³-hybridized carbons (Fsp3) is 0.0303. The van der Waals surface area contributed by atoms with Crippen LogP contribution in [0.25, 0.3) is 188 Å². The summed E-state index contributed by atoms with van der Waals surface area (Å²) in [6.45, 7) is 5.77. The normalized spacial score (nSPS) is 12.1. The Morgan fingerprint density at radius 1 is 0.214 bits per heavy atom. The summed E-state index contributed by atoms with van der Waals surface area (Å²) < 4.78 is 14.1. The number of para-hydroxylation sites is 8. The number of fused-ring (bicyclic) bond motifs is 20. The van der Waals surface area contributed by atoms with Crippen LogP contribution in [0, 0.1) is 20.8 Å². The first-order valence-electron chi connectivity index (χ1n) is 38.1. The molecule has 0 saturated heterocycles. The molecule has 0 N–H and O–H groups in total. The first kappa shape index (κ1) is 63.3. The van der Waals surface area contributed by atoms with Crippen LogP contribution in [0.3, 0.4) is 0 Å². The zero-order valence-electron chi connectivity index (χ0n) is 61.3. The Morgan fingerprint density at radius 2 is 0.491 bits per heavy atom. The average Bonchev–Trinajstić information content (AvgIpc) is 1.54. The lowest BCUT2D eigenvalue weighted by Gasteiger charge is -2.20. The van der Waals surface area contributed by atoms with Crippen molar-refractivity contribution >= 4 is 154 Å². The van der Waals surface area contributed by atoms with Crippen LogP contribution in [0.2, 0.25) is 0 Å². The highest BCUT2D eigenvalue weighted by Crippen LogP contribution is 2.46. The molecule has 112 heavy (non-hydrogen) atoms. The molecule has 0 amide bonds. The Morgan fingerprint density at radius 3 is 0.857 bits per heavy atom. The Kier molecular flexibility index (Phi) is 13.9. The molecular weight excluding hydrogens is 1370 g/mol. The maximum atomic E-state index is 5.89. The molecule has 15 aromatic carbocycles. The summed E-state index contributed by atoms with van der Waals surface area (Å²) in [7, 11) is 0. The molecule has 0 atom stereocenters. The average molecular weight is 1430 g/mol. The van der Waals surface area contributed by atoms with E-state index in [0.29, 0.717) is 35.0 Å². The molecule has 13 heteroatoms. The summed E-state index contributed by atoms with van der Waals surface area (Å²) in [5.74, 6) is 1.96. The number of aryl methyl sites for hydroxylation is 3. The van der Waals surface area contributed by atoms with E-state index in [4.69, 9.17) is 29.9 Å². The van der Waals surface area contributed by atoms with Gasteiger partial charge in [0.05, 0.1) is 66.2 Å². The fourth-order valence-electron chi connectivity index (χ4n) is 18.6. The van der Waals surface area contributed by atoms with Crippen molar-refractivity contribution in [1.82, 2.24) is 57.3 Å². The van der Waals surface area contributed by atoms with E-state index in [1.54, 1.807) is 0 Å². The smallest absolute Gasteiger partial charge is 0.309 e. The van der Waals surface area contributed by atoms with Gasteiger partial charge in [0.25, 0.3) is 0 Å². The van der Waals surface area contributed by atoms with Crippen molar-refractivity contribution in [3.63, 3.8) is 0 Å². The molecule has 0 bridgehead atoms. The largest absolute Gasteiger partial charge is 0.338 e. The lowest BCUT2D eigenvalue weighted by Crippen LogP contribution is -2.59. The Hall–Kier alpha value is -14.8. The first-order chi connectivity index (χ1) is 55.3. The van der Waals surface area contributed by atoms with Gasteiger partial charge in [0.15, 0.2) is 11.6 Å². The highest BCUT2D eigenvalue weighted by Gasteiger charge is 2.36. The van der Waals surface area contributed by atoms with Crippen LogP contribution in [0.5, 0.6) is 0 Å². The summed E-state index contributed by atoms with van der Waals surface area (Å²) in [5.41, 5.74) is 24.2. The maximum Gasteiger partial charge on any atom is 0.338 e. The Balaban J connectivity index is 0.748. The second-order valence-electron chi connectivity index (χ2n) is 29.5. The second kappa shape index (κ2) is 24.6. The topological polar surface area (TPSA) is 107 Å². The molecule has 23 rings (SSSR count). The SMILES string of the molecule is Cc1cc(C)c(B(c2nc(-c3ccccc3)nc(-n3c4ccccc4c4c5c6ccccc6n(-c6ccc7c(c6)c6ccccc6n7-c6ccccc6)c5ccc43)n2)c2nc(-c3ccccc3)nc(-n3c4ccccc4c4c5c6ccccc6n(-c6ccc7c(c6)c6ccccc6n7-c6ccccc6)c5ccc43)n2)c(C)c1. The number of nitrogens with zero attached hydrogens (tertiary/aromatic N) is 12. The minimum atomic E-state index is -0.761. The molecule has 524 valence electrons. The van der Waals surface area contributed by atoms with E-state index in [1.165, 1.54) is 21.5 Å². The van der Waals surface area contributed by atoms with Gasteiger partial charge >= 0.3 is 6.71 Å². The quantitative estimate of drug-likeness (QED) is 0.119. The molecule has 23 aromatic rings. The summed E-state index contributed by atoms with van der Waals surface area (Å²) >= 11 is 0. The Bertz CT molecular complexity index is 7400. The van der Waals surface area contributed by atoms with Crippen molar-refractivity contribution < 1.29 is 0 Å². The third kappa shape index (κ3) is 9.43. The number of aromatic nitrogens is 12. The highest BCUT2D eigenvalue weighted by atomic mass is 15.2. The van der Waals surface area contributed by atoms with Gasteiger partial charge in [-0.25, -0.2) is 19.9 Å². The van der Waals surface area contributed by atoms with Gasteiger partial charge in [0, 0.05) is 98.5 Å². The zero-order chi connectivity index (χ0) is 74.0. The van der Waals surface area contributed by atoms with E-state index in [2.05, 4.69) is 351 Å². The predicted molar refractivity (Wildman–Crippen MR) is 462 cm³/mol.